The smallest absolute Gasteiger partial charge is 0.312 e. The number of benzene rings is 2. The van der Waals surface area contributed by atoms with Crippen molar-refractivity contribution in [3.8, 4) is 11.5 Å². The number of nitrogens with zero attached hydrogens (tertiary/aromatic N) is 2. The lowest BCUT2D eigenvalue weighted by Crippen LogP contribution is -2.20. The van der Waals surface area contributed by atoms with E-state index in [0.29, 0.717) is 0 Å². The minimum atomic E-state index is -0.641. The molecular weight excluding hydrogens is 334 g/mol. The first-order valence-electron chi connectivity index (χ1n) is 6.91. The second-order valence-electron chi connectivity index (χ2n) is 4.71. The molecule has 0 saturated heterocycles. The Morgan fingerprint density at radius 3 is 2.36 bits per heavy atom. The zero-order valence-electron chi connectivity index (χ0n) is 13.0. The average molecular weight is 347 g/mol. The average Bonchev–Trinajstić information content (AvgIpc) is 2.60. The van der Waals surface area contributed by atoms with Gasteiger partial charge in [0.1, 0.15) is 0 Å². The summed E-state index contributed by atoms with van der Waals surface area (Å²) in [6.07, 6.45) is 0. The van der Waals surface area contributed by atoms with Crippen LogP contribution in [0.3, 0.4) is 0 Å². The maximum atomic E-state index is 11.9. The quantitative estimate of drug-likeness (QED) is 0.600. The second-order valence-corrected chi connectivity index (χ2v) is 4.71. The Hall–Kier alpha value is -3.69. The number of nitrogens with one attached hydrogen (secondary N) is 1. The molecule has 0 saturated carbocycles. The van der Waals surface area contributed by atoms with Crippen LogP contribution < -0.4 is 14.8 Å². The summed E-state index contributed by atoms with van der Waals surface area (Å²) in [6.45, 7) is -0.495. The Labute approximate surface area is 141 Å². The van der Waals surface area contributed by atoms with E-state index in [2.05, 4.69) is 5.32 Å². The maximum absolute atomic E-state index is 11.9. The van der Waals surface area contributed by atoms with Crippen molar-refractivity contribution in [1.29, 1.82) is 0 Å². The van der Waals surface area contributed by atoms with Crippen molar-refractivity contribution in [2.45, 2.75) is 0 Å². The molecule has 130 valence electrons. The molecule has 0 aliphatic rings. The van der Waals surface area contributed by atoms with Crippen molar-refractivity contribution in [2.75, 3.05) is 19.0 Å². The Bertz CT molecular complexity index is 823. The van der Waals surface area contributed by atoms with Gasteiger partial charge in [-0.25, -0.2) is 0 Å². The molecule has 25 heavy (non-hydrogen) atoms. The standard InChI is InChI=1S/C15H13N3O7/c1-24-13-7-6-10(8-12(13)18(22)23)16-15(19)9-25-14-5-3-2-4-11(14)17(20)21/h2-8H,9H2,1H3,(H,16,19). The van der Waals surface area contributed by atoms with Crippen LogP contribution in [0.25, 0.3) is 0 Å². The van der Waals surface area contributed by atoms with Crippen molar-refractivity contribution < 1.29 is 24.1 Å². The molecule has 0 heterocycles. The summed E-state index contributed by atoms with van der Waals surface area (Å²) in [4.78, 5) is 32.5. The number of methoxy groups -OCH3 is 1. The van der Waals surface area contributed by atoms with E-state index in [9.17, 15) is 25.0 Å². The molecule has 0 spiro atoms. The fraction of sp³-hybridized carbons (Fsp3) is 0.133. The Morgan fingerprint density at radius 2 is 1.72 bits per heavy atom. The van der Waals surface area contributed by atoms with Crippen molar-refractivity contribution in [1.82, 2.24) is 0 Å². The molecule has 10 heteroatoms. The fourth-order valence-electron chi connectivity index (χ4n) is 1.98. The second kappa shape index (κ2) is 7.73. The predicted octanol–water partition coefficient (Wildman–Crippen LogP) is 2.53. The summed E-state index contributed by atoms with van der Waals surface area (Å²) in [7, 11) is 1.29. The van der Waals surface area contributed by atoms with Gasteiger partial charge in [0.2, 0.25) is 0 Å². The SMILES string of the molecule is COc1ccc(NC(=O)COc2ccccc2[N+](=O)[O-])cc1[N+](=O)[O-]. The van der Waals surface area contributed by atoms with E-state index in [1.165, 1.54) is 43.5 Å². The minimum Gasteiger partial charge on any atom is -0.490 e. The summed E-state index contributed by atoms with van der Waals surface area (Å²) in [5, 5.41) is 24.2. The van der Waals surface area contributed by atoms with Crippen molar-refractivity contribution in [3.63, 3.8) is 0 Å². The van der Waals surface area contributed by atoms with Gasteiger partial charge in [0, 0.05) is 17.8 Å². The highest BCUT2D eigenvalue weighted by atomic mass is 16.6. The van der Waals surface area contributed by atoms with Crippen molar-refractivity contribution >= 4 is 23.0 Å². The fourth-order valence-corrected chi connectivity index (χ4v) is 1.98. The number of para-hydroxylation sites is 2. The third-order valence-corrected chi connectivity index (χ3v) is 3.08. The number of ether oxygens (including phenoxy) is 2. The molecule has 0 aromatic heterocycles. The molecule has 0 radical (unpaired) electrons. The molecule has 1 amide bonds. The molecule has 10 nitrogen and oxygen atoms in total. The van der Waals surface area contributed by atoms with E-state index >= 15 is 0 Å². The largest absolute Gasteiger partial charge is 0.490 e. The van der Waals surface area contributed by atoms with Crippen LogP contribution in [0.2, 0.25) is 0 Å². The summed E-state index contributed by atoms with van der Waals surface area (Å²) in [5.74, 6) is -0.625. The van der Waals surface area contributed by atoms with Gasteiger partial charge in [-0.05, 0) is 18.2 Å². The molecule has 0 aliphatic heterocycles. The molecule has 0 atom stereocenters. The normalized spacial score (nSPS) is 9.96. The van der Waals surface area contributed by atoms with Crippen molar-refractivity contribution in [3.05, 3.63) is 62.7 Å². The van der Waals surface area contributed by atoms with Gasteiger partial charge < -0.3 is 14.8 Å². The summed E-state index contributed by atoms with van der Waals surface area (Å²) in [6, 6.07) is 9.53. The van der Waals surface area contributed by atoms with Gasteiger partial charge in [-0.3, -0.25) is 25.0 Å². The highest BCUT2D eigenvalue weighted by Crippen LogP contribution is 2.30. The van der Waals surface area contributed by atoms with Gasteiger partial charge in [-0.15, -0.1) is 0 Å². The topological polar surface area (TPSA) is 134 Å². The lowest BCUT2D eigenvalue weighted by molar-refractivity contribution is -0.385. The number of carbonyl (C=O) groups excluding carboxylic acids is 1. The van der Waals surface area contributed by atoms with Crippen LogP contribution in [0.1, 0.15) is 0 Å². The maximum Gasteiger partial charge on any atom is 0.312 e. The number of rotatable bonds is 7. The van der Waals surface area contributed by atoms with E-state index < -0.39 is 22.4 Å². The lowest BCUT2D eigenvalue weighted by Gasteiger charge is -2.08. The van der Waals surface area contributed by atoms with Gasteiger partial charge >= 0.3 is 11.4 Å². The molecular formula is C15H13N3O7. The van der Waals surface area contributed by atoms with Crippen LogP contribution in [-0.2, 0) is 4.79 Å². The van der Waals surface area contributed by atoms with E-state index in [0.717, 1.165) is 6.07 Å². The number of hydrogen-bond acceptors (Lipinski definition) is 7. The molecule has 0 fully saturated rings. The molecule has 2 rings (SSSR count). The third-order valence-electron chi connectivity index (χ3n) is 3.08. The number of nitro benzene ring substituents is 2. The third kappa shape index (κ3) is 4.41. The Kier molecular flexibility index (Phi) is 5.46. The summed E-state index contributed by atoms with van der Waals surface area (Å²) in [5.41, 5.74) is -0.404. The van der Waals surface area contributed by atoms with Gasteiger partial charge in [-0.2, -0.15) is 0 Å². The first-order chi connectivity index (χ1) is 11.9. The lowest BCUT2D eigenvalue weighted by atomic mass is 10.2. The van der Waals surface area contributed by atoms with Crippen LogP contribution in [0, 0.1) is 20.2 Å². The highest BCUT2D eigenvalue weighted by Gasteiger charge is 2.17. The summed E-state index contributed by atoms with van der Waals surface area (Å²) >= 11 is 0. The number of hydrogen-bond donors (Lipinski definition) is 1. The van der Waals surface area contributed by atoms with Crippen LogP contribution in [0.15, 0.2) is 42.5 Å². The molecule has 0 unspecified atom stereocenters. The monoisotopic (exact) mass is 347 g/mol. The van der Waals surface area contributed by atoms with E-state index in [1.807, 2.05) is 0 Å². The summed E-state index contributed by atoms with van der Waals surface area (Å²) < 4.78 is 10.0. The molecule has 2 aromatic carbocycles. The molecule has 0 bridgehead atoms. The van der Waals surface area contributed by atoms with Gasteiger partial charge in [-0.1, -0.05) is 12.1 Å². The first-order valence-corrected chi connectivity index (χ1v) is 6.91. The Balaban J connectivity index is 2.05. The van der Waals surface area contributed by atoms with Gasteiger partial charge in [0.25, 0.3) is 5.91 Å². The van der Waals surface area contributed by atoms with Crippen molar-refractivity contribution in [2.24, 2.45) is 0 Å². The highest BCUT2D eigenvalue weighted by molar-refractivity contribution is 5.92. The van der Waals surface area contributed by atoms with Gasteiger partial charge in [0.15, 0.2) is 18.1 Å². The number of anilines is 1. The molecule has 1 N–H and O–H groups in total. The van der Waals surface area contributed by atoms with Crippen LogP contribution >= 0.6 is 0 Å². The molecule has 2 aromatic rings. The van der Waals surface area contributed by atoms with E-state index in [-0.39, 0.29) is 28.6 Å². The minimum absolute atomic E-state index is 0.0524. The van der Waals surface area contributed by atoms with Gasteiger partial charge in [0.05, 0.1) is 17.0 Å². The Morgan fingerprint density at radius 1 is 1.04 bits per heavy atom. The first kappa shape index (κ1) is 17.7. The predicted molar refractivity (Wildman–Crippen MR) is 86.9 cm³/mol. The zero-order valence-corrected chi connectivity index (χ0v) is 13.0. The molecule has 0 aliphatic carbocycles. The zero-order chi connectivity index (χ0) is 18.4. The van der Waals surface area contributed by atoms with E-state index in [1.54, 1.807) is 0 Å². The number of amides is 1. The number of carbonyl (C=O) groups is 1. The van der Waals surface area contributed by atoms with E-state index in [4.69, 9.17) is 9.47 Å². The van der Waals surface area contributed by atoms with Crippen LogP contribution in [0.4, 0.5) is 17.1 Å². The van der Waals surface area contributed by atoms with Crippen LogP contribution in [-0.4, -0.2) is 29.5 Å². The van der Waals surface area contributed by atoms with Crippen LogP contribution in [0.5, 0.6) is 11.5 Å². The number of nitro groups is 2.